The summed E-state index contributed by atoms with van der Waals surface area (Å²) in [7, 11) is -7.53. The van der Waals surface area contributed by atoms with Gasteiger partial charge in [-0.3, -0.25) is 0 Å². The quantitative estimate of drug-likeness (QED) is 0.750. The molecule has 9 heteroatoms. The molecule has 0 radical (unpaired) electrons. The van der Waals surface area contributed by atoms with Crippen molar-refractivity contribution in [1.29, 1.82) is 0 Å². The van der Waals surface area contributed by atoms with E-state index in [0.29, 0.717) is 26.2 Å². The van der Waals surface area contributed by atoms with Crippen molar-refractivity contribution in [2.24, 2.45) is 0 Å². The molecule has 0 aromatic heterocycles. The van der Waals surface area contributed by atoms with E-state index in [4.69, 9.17) is 11.6 Å². The molecule has 146 valence electrons. The second-order valence-corrected chi connectivity index (χ2v) is 11.2. The van der Waals surface area contributed by atoms with Crippen LogP contribution in [-0.2, 0) is 20.0 Å². The van der Waals surface area contributed by atoms with Gasteiger partial charge < -0.3 is 0 Å². The van der Waals surface area contributed by atoms with Gasteiger partial charge in [0, 0.05) is 31.2 Å². The van der Waals surface area contributed by atoms with Gasteiger partial charge >= 0.3 is 0 Å². The molecule has 1 aromatic carbocycles. The maximum atomic E-state index is 13.1. The van der Waals surface area contributed by atoms with Crippen LogP contribution in [0.2, 0.25) is 5.02 Å². The van der Waals surface area contributed by atoms with Gasteiger partial charge in [0.15, 0.2) is 0 Å². The zero-order valence-corrected chi connectivity index (χ0v) is 17.3. The SMILES string of the molecule is Cc1c(S(=O)(=O)N2CCCCC2)cc(Cl)cc1S(=O)(=O)N1CCCCC1. The highest BCUT2D eigenvalue weighted by Gasteiger charge is 2.33. The summed E-state index contributed by atoms with van der Waals surface area (Å²) >= 11 is 6.15. The van der Waals surface area contributed by atoms with Gasteiger partial charge in [-0.05, 0) is 50.3 Å². The molecule has 2 fully saturated rings. The third-order valence-corrected chi connectivity index (χ3v) is 9.41. The van der Waals surface area contributed by atoms with Crippen LogP contribution in [-0.4, -0.2) is 51.6 Å². The van der Waals surface area contributed by atoms with Crippen molar-refractivity contribution in [3.8, 4) is 0 Å². The third-order valence-electron chi connectivity index (χ3n) is 5.14. The van der Waals surface area contributed by atoms with Crippen LogP contribution in [0.1, 0.15) is 44.1 Å². The molecule has 3 rings (SSSR count). The summed E-state index contributed by atoms with van der Waals surface area (Å²) in [5.41, 5.74) is 0.255. The number of halogens is 1. The van der Waals surface area contributed by atoms with E-state index in [1.165, 1.54) is 20.7 Å². The molecule has 2 aliphatic rings. The minimum Gasteiger partial charge on any atom is -0.207 e. The second-order valence-electron chi connectivity index (χ2n) is 6.96. The fraction of sp³-hybridized carbons (Fsp3) is 0.647. The lowest BCUT2D eigenvalue weighted by atomic mass is 10.2. The van der Waals surface area contributed by atoms with Crippen molar-refractivity contribution in [3.05, 3.63) is 22.7 Å². The summed E-state index contributed by atoms with van der Waals surface area (Å²) in [4.78, 5) is 0.00460. The minimum absolute atomic E-state index is 0.00230. The second kappa shape index (κ2) is 7.75. The van der Waals surface area contributed by atoms with E-state index in [-0.39, 0.29) is 20.4 Å². The van der Waals surface area contributed by atoms with E-state index < -0.39 is 20.0 Å². The fourth-order valence-electron chi connectivity index (χ4n) is 3.65. The first kappa shape index (κ1) is 20.1. The smallest absolute Gasteiger partial charge is 0.207 e. The zero-order chi connectivity index (χ0) is 18.9. The summed E-state index contributed by atoms with van der Waals surface area (Å²) in [6.07, 6.45) is 5.29. The normalized spacial score (nSPS) is 21.0. The Labute approximate surface area is 161 Å². The van der Waals surface area contributed by atoms with Crippen LogP contribution in [0.25, 0.3) is 0 Å². The molecule has 26 heavy (non-hydrogen) atoms. The lowest BCUT2D eigenvalue weighted by Gasteiger charge is -2.29. The van der Waals surface area contributed by atoms with Gasteiger partial charge in [-0.15, -0.1) is 0 Å². The van der Waals surface area contributed by atoms with E-state index >= 15 is 0 Å². The molecule has 0 unspecified atom stereocenters. The van der Waals surface area contributed by atoms with Gasteiger partial charge in [-0.2, -0.15) is 8.61 Å². The minimum atomic E-state index is -3.76. The van der Waals surface area contributed by atoms with Crippen LogP contribution < -0.4 is 0 Å². The number of hydrogen-bond donors (Lipinski definition) is 0. The van der Waals surface area contributed by atoms with Crippen molar-refractivity contribution in [1.82, 2.24) is 8.61 Å². The average Bonchev–Trinajstić information content (AvgIpc) is 2.64. The van der Waals surface area contributed by atoms with Crippen molar-refractivity contribution in [3.63, 3.8) is 0 Å². The van der Waals surface area contributed by atoms with Crippen LogP contribution in [0.3, 0.4) is 0 Å². The van der Waals surface area contributed by atoms with Crippen LogP contribution in [0.4, 0.5) is 0 Å². The Morgan fingerprint density at radius 1 is 0.731 bits per heavy atom. The Hall–Kier alpha value is -0.670. The highest BCUT2D eigenvalue weighted by Crippen LogP contribution is 2.33. The Morgan fingerprint density at radius 3 is 1.42 bits per heavy atom. The zero-order valence-electron chi connectivity index (χ0n) is 14.9. The lowest BCUT2D eigenvalue weighted by molar-refractivity contribution is 0.345. The van der Waals surface area contributed by atoms with Crippen LogP contribution in [0, 0.1) is 6.92 Å². The van der Waals surface area contributed by atoms with E-state index in [2.05, 4.69) is 0 Å². The topological polar surface area (TPSA) is 74.8 Å². The Kier molecular flexibility index (Phi) is 5.99. The number of rotatable bonds is 4. The predicted octanol–water partition coefficient (Wildman–Crippen LogP) is 3.00. The van der Waals surface area contributed by atoms with E-state index in [1.54, 1.807) is 6.92 Å². The summed E-state index contributed by atoms with van der Waals surface area (Å²) in [5, 5.41) is 0.127. The predicted molar refractivity (Wildman–Crippen MR) is 101 cm³/mol. The Balaban J connectivity index is 2.06. The number of nitrogens with zero attached hydrogens (tertiary/aromatic N) is 2. The number of benzene rings is 1. The molecular formula is C17H25ClN2O4S2. The molecule has 2 saturated heterocycles. The van der Waals surface area contributed by atoms with Crippen LogP contribution in [0.5, 0.6) is 0 Å². The van der Waals surface area contributed by atoms with Crippen molar-refractivity contribution >= 4 is 31.6 Å². The third kappa shape index (κ3) is 3.80. The first-order chi connectivity index (χ1) is 12.2. The van der Waals surface area contributed by atoms with Gasteiger partial charge in [0.1, 0.15) is 0 Å². The van der Waals surface area contributed by atoms with Gasteiger partial charge in [0.25, 0.3) is 0 Å². The van der Waals surface area contributed by atoms with Crippen molar-refractivity contribution < 1.29 is 16.8 Å². The van der Waals surface area contributed by atoms with Gasteiger partial charge in [0.2, 0.25) is 20.0 Å². The first-order valence-electron chi connectivity index (χ1n) is 9.05. The maximum Gasteiger partial charge on any atom is 0.243 e. The molecule has 2 aliphatic heterocycles. The molecule has 6 nitrogen and oxygen atoms in total. The summed E-state index contributed by atoms with van der Waals surface area (Å²) in [6, 6.07) is 2.74. The largest absolute Gasteiger partial charge is 0.243 e. The summed E-state index contributed by atoms with van der Waals surface area (Å²) < 4.78 is 55.2. The van der Waals surface area contributed by atoms with E-state index in [9.17, 15) is 16.8 Å². The molecule has 1 aromatic rings. The van der Waals surface area contributed by atoms with Crippen molar-refractivity contribution in [2.75, 3.05) is 26.2 Å². The molecule has 0 spiro atoms. The van der Waals surface area contributed by atoms with Crippen LogP contribution in [0.15, 0.2) is 21.9 Å². The van der Waals surface area contributed by atoms with E-state index in [0.717, 1.165) is 38.5 Å². The molecule has 0 bridgehead atoms. The number of hydrogen-bond acceptors (Lipinski definition) is 4. The summed E-state index contributed by atoms with van der Waals surface area (Å²) in [6.45, 7) is 3.40. The Bertz CT molecular complexity index is 803. The molecule has 0 saturated carbocycles. The van der Waals surface area contributed by atoms with Crippen LogP contribution >= 0.6 is 11.6 Å². The van der Waals surface area contributed by atoms with Crippen molar-refractivity contribution in [2.45, 2.75) is 55.2 Å². The van der Waals surface area contributed by atoms with E-state index in [1.807, 2.05) is 0 Å². The standard InChI is InChI=1S/C17H25ClN2O4S2/c1-14-16(25(21,22)19-8-4-2-5-9-19)12-15(18)13-17(14)26(23,24)20-10-6-3-7-11-20/h12-13H,2-11H2,1H3. The lowest BCUT2D eigenvalue weighted by Crippen LogP contribution is -2.37. The fourth-order valence-corrected chi connectivity index (χ4v) is 7.65. The highest BCUT2D eigenvalue weighted by atomic mass is 35.5. The van der Waals surface area contributed by atoms with Gasteiger partial charge in [-0.25, -0.2) is 16.8 Å². The molecule has 0 amide bonds. The molecule has 0 aliphatic carbocycles. The molecule has 0 atom stereocenters. The average molecular weight is 421 g/mol. The number of sulfonamides is 2. The van der Waals surface area contributed by atoms with Gasteiger partial charge in [0.05, 0.1) is 9.79 Å². The highest BCUT2D eigenvalue weighted by molar-refractivity contribution is 7.90. The molecular weight excluding hydrogens is 396 g/mol. The maximum absolute atomic E-state index is 13.1. The first-order valence-corrected chi connectivity index (χ1v) is 12.3. The summed E-state index contributed by atoms with van der Waals surface area (Å²) in [5.74, 6) is 0. The molecule has 0 N–H and O–H groups in total. The number of piperidine rings is 2. The Morgan fingerprint density at radius 2 is 1.08 bits per heavy atom. The monoisotopic (exact) mass is 420 g/mol. The van der Waals surface area contributed by atoms with Gasteiger partial charge in [-0.1, -0.05) is 24.4 Å². The molecule has 2 heterocycles.